The van der Waals surface area contributed by atoms with E-state index in [0.717, 1.165) is 58.1 Å². The highest BCUT2D eigenvalue weighted by Crippen LogP contribution is 2.17. The van der Waals surface area contributed by atoms with Gasteiger partial charge >= 0.3 is 0 Å². The maximum absolute atomic E-state index is 5.43. The van der Waals surface area contributed by atoms with E-state index in [2.05, 4.69) is 36.2 Å². The molecule has 20 heavy (non-hydrogen) atoms. The number of morpholine rings is 1. The Balaban J connectivity index is 2.11. The predicted molar refractivity (Wildman–Crippen MR) is 83.3 cm³/mol. The molecule has 0 saturated carbocycles. The highest BCUT2D eigenvalue weighted by atomic mass is 16.5. The van der Waals surface area contributed by atoms with Gasteiger partial charge in [-0.3, -0.25) is 0 Å². The van der Waals surface area contributed by atoms with E-state index in [9.17, 15) is 0 Å². The fourth-order valence-electron chi connectivity index (χ4n) is 2.48. The third-order valence-electron chi connectivity index (χ3n) is 3.52. The van der Waals surface area contributed by atoms with Crippen molar-refractivity contribution in [3.8, 4) is 0 Å². The molecule has 112 valence electrons. The number of nitrogens with zero attached hydrogens (tertiary/aromatic N) is 2. The van der Waals surface area contributed by atoms with Gasteiger partial charge in [0.05, 0.1) is 13.2 Å². The van der Waals surface area contributed by atoms with Crippen LogP contribution in [0.3, 0.4) is 0 Å². The van der Waals surface area contributed by atoms with Crippen molar-refractivity contribution in [1.29, 1.82) is 0 Å². The summed E-state index contributed by atoms with van der Waals surface area (Å²) >= 11 is 0. The van der Waals surface area contributed by atoms with Crippen molar-refractivity contribution >= 4 is 5.82 Å². The van der Waals surface area contributed by atoms with Gasteiger partial charge in [-0.15, -0.1) is 0 Å². The number of hydrogen-bond donors (Lipinski definition) is 1. The second kappa shape index (κ2) is 8.22. The van der Waals surface area contributed by atoms with E-state index in [1.165, 1.54) is 17.7 Å². The monoisotopic (exact) mass is 277 g/mol. The van der Waals surface area contributed by atoms with Crippen molar-refractivity contribution < 1.29 is 4.74 Å². The zero-order chi connectivity index (χ0) is 14.2. The van der Waals surface area contributed by atoms with Gasteiger partial charge in [0.15, 0.2) is 0 Å². The van der Waals surface area contributed by atoms with Gasteiger partial charge in [0.25, 0.3) is 0 Å². The molecule has 1 aromatic rings. The molecular weight excluding hydrogens is 250 g/mol. The number of rotatable bonds is 7. The Labute approximate surface area is 122 Å². The summed E-state index contributed by atoms with van der Waals surface area (Å²) in [4.78, 5) is 7.16. The van der Waals surface area contributed by atoms with E-state index < -0.39 is 0 Å². The molecule has 0 aromatic carbocycles. The first kappa shape index (κ1) is 15.3. The van der Waals surface area contributed by atoms with Gasteiger partial charge in [-0.25, -0.2) is 4.98 Å². The Bertz CT molecular complexity index is 403. The average molecular weight is 277 g/mol. The van der Waals surface area contributed by atoms with Crippen molar-refractivity contribution in [2.45, 2.75) is 39.7 Å². The fourth-order valence-corrected chi connectivity index (χ4v) is 2.48. The van der Waals surface area contributed by atoms with E-state index in [0.29, 0.717) is 0 Å². The normalized spacial score (nSPS) is 15.6. The first-order chi connectivity index (χ1) is 9.83. The highest BCUT2D eigenvalue weighted by Gasteiger charge is 2.14. The molecule has 1 fully saturated rings. The fraction of sp³-hybridized carbons (Fsp3) is 0.688. The summed E-state index contributed by atoms with van der Waals surface area (Å²) in [6.45, 7) is 9.92. The van der Waals surface area contributed by atoms with Crippen LogP contribution in [0.1, 0.15) is 37.9 Å². The summed E-state index contributed by atoms with van der Waals surface area (Å²) in [5.41, 5.74) is 2.56. The van der Waals surface area contributed by atoms with Crippen molar-refractivity contribution in [2.75, 3.05) is 37.7 Å². The van der Waals surface area contributed by atoms with Crippen LogP contribution in [-0.4, -0.2) is 37.8 Å². The number of aryl methyl sites for hydroxylation is 1. The molecule has 0 spiro atoms. The maximum Gasteiger partial charge on any atom is 0.129 e. The molecule has 4 heteroatoms. The molecule has 0 amide bonds. The average Bonchev–Trinajstić information content (AvgIpc) is 2.49. The van der Waals surface area contributed by atoms with E-state index in [-0.39, 0.29) is 0 Å². The lowest BCUT2D eigenvalue weighted by molar-refractivity contribution is 0.122. The molecule has 1 aromatic heterocycles. The van der Waals surface area contributed by atoms with Crippen LogP contribution in [0.2, 0.25) is 0 Å². The molecule has 1 N–H and O–H groups in total. The first-order valence-corrected chi connectivity index (χ1v) is 7.86. The van der Waals surface area contributed by atoms with Crippen LogP contribution < -0.4 is 10.2 Å². The molecule has 1 aliphatic rings. The summed E-state index contributed by atoms with van der Waals surface area (Å²) in [5.74, 6) is 1.12. The Morgan fingerprint density at radius 1 is 1.20 bits per heavy atom. The van der Waals surface area contributed by atoms with Gasteiger partial charge in [0.1, 0.15) is 5.82 Å². The lowest BCUT2D eigenvalue weighted by Gasteiger charge is -2.28. The number of aromatic nitrogens is 1. The molecule has 4 nitrogen and oxygen atoms in total. The van der Waals surface area contributed by atoms with Gasteiger partial charge < -0.3 is 15.0 Å². The Hall–Kier alpha value is -1.13. The van der Waals surface area contributed by atoms with Gasteiger partial charge in [-0.1, -0.05) is 20.3 Å². The molecule has 0 atom stereocenters. The number of ether oxygens (including phenoxy) is 1. The van der Waals surface area contributed by atoms with Gasteiger partial charge in [0, 0.05) is 25.3 Å². The summed E-state index contributed by atoms with van der Waals surface area (Å²) in [7, 11) is 0. The second-order valence-corrected chi connectivity index (χ2v) is 5.35. The van der Waals surface area contributed by atoms with Crippen LogP contribution in [-0.2, 0) is 17.7 Å². The summed E-state index contributed by atoms with van der Waals surface area (Å²) in [6, 6.07) is 4.48. The quantitative estimate of drug-likeness (QED) is 0.777. The topological polar surface area (TPSA) is 37.4 Å². The Kier molecular flexibility index (Phi) is 6.27. The van der Waals surface area contributed by atoms with Gasteiger partial charge in [-0.2, -0.15) is 0 Å². The van der Waals surface area contributed by atoms with Gasteiger partial charge in [-0.05, 0) is 37.1 Å². The maximum atomic E-state index is 5.43. The largest absolute Gasteiger partial charge is 0.378 e. The minimum Gasteiger partial charge on any atom is -0.378 e. The van der Waals surface area contributed by atoms with E-state index in [1.54, 1.807) is 0 Å². The predicted octanol–water partition coefficient (Wildman–Crippen LogP) is 2.37. The molecule has 0 radical (unpaired) electrons. The Morgan fingerprint density at radius 2 is 2.00 bits per heavy atom. The zero-order valence-corrected chi connectivity index (χ0v) is 12.8. The lowest BCUT2D eigenvalue weighted by atomic mass is 10.1. The SMILES string of the molecule is CCCNCc1cc(CCC)nc(N2CCOCC2)c1. The van der Waals surface area contributed by atoms with Crippen molar-refractivity contribution in [2.24, 2.45) is 0 Å². The molecule has 1 aliphatic heterocycles. The van der Waals surface area contributed by atoms with Crippen molar-refractivity contribution in [1.82, 2.24) is 10.3 Å². The molecule has 0 unspecified atom stereocenters. The first-order valence-electron chi connectivity index (χ1n) is 7.86. The van der Waals surface area contributed by atoms with E-state index in [1.807, 2.05) is 0 Å². The number of pyridine rings is 1. The molecule has 2 heterocycles. The Morgan fingerprint density at radius 3 is 2.70 bits per heavy atom. The molecular formula is C16H27N3O. The van der Waals surface area contributed by atoms with Crippen LogP contribution in [0.25, 0.3) is 0 Å². The number of anilines is 1. The van der Waals surface area contributed by atoms with E-state index in [4.69, 9.17) is 9.72 Å². The van der Waals surface area contributed by atoms with Crippen LogP contribution in [0.5, 0.6) is 0 Å². The summed E-state index contributed by atoms with van der Waals surface area (Å²) in [6.07, 6.45) is 3.36. The summed E-state index contributed by atoms with van der Waals surface area (Å²) < 4.78 is 5.43. The second-order valence-electron chi connectivity index (χ2n) is 5.35. The third-order valence-corrected chi connectivity index (χ3v) is 3.52. The molecule has 0 bridgehead atoms. The molecule has 1 saturated heterocycles. The van der Waals surface area contributed by atoms with Gasteiger partial charge in [0.2, 0.25) is 0 Å². The highest BCUT2D eigenvalue weighted by molar-refractivity contribution is 5.43. The zero-order valence-electron chi connectivity index (χ0n) is 12.8. The van der Waals surface area contributed by atoms with Crippen LogP contribution in [0.15, 0.2) is 12.1 Å². The van der Waals surface area contributed by atoms with Crippen molar-refractivity contribution in [3.05, 3.63) is 23.4 Å². The summed E-state index contributed by atoms with van der Waals surface area (Å²) in [5, 5.41) is 3.48. The number of nitrogens with one attached hydrogen (secondary N) is 1. The lowest BCUT2D eigenvalue weighted by Crippen LogP contribution is -2.37. The molecule has 0 aliphatic carbocycles. The standard InChI is InChI=1S/C16H27N3O/c1-3-5-15-11-14(13-17-6-4-2)12-16(18-15)19-7-9-20-10-8-19/h11-12,17H,3-10,13H2,1-2H3. The van der Waals surface area contributed by atoms with Crippen LogP contribution in [0.4, 0.5) is 5.82 Å². The van der Waals surface area contributed by atoms with Crippen LogP contribution in [0, 0.1) is 0 Å². The number of hydrogen-bond acceptors (Lipinski definition) is 4. The minimum absolute atomic E-state index is 0.809. The third kappa shape index (κ3) is 4.46. The molecule has 2 rings (SSSR count). The van der Waals surface area contributed by atoms with Crippen LogP contribution >= 0.6 is 0 Å². The van der Waals surface area contributed by atoms with E-state index >= 15 is 0 Å². The van der Waals surface area contributed by atoms with Crippen molar-refractivity contribution in [3.63, 3.8) is 0 Å². The smallest absolute Gasteiger partial charge is 0.129 e. The minimum atomic E-state index is 0.809.